The minimum absolute atomic E-state index is 0.136. The van der Waals surface area contributed by atoms with Gasteiger partial charge in [0.1, 0.15) is 0 Å². The average Bonchev–Trinajstić information content (AvgIpc) is 2.39. The molecular weight excluding hydrogens is 252 g/mol. The first-order valence-corrected chi connectivity index (χ1v) is 6.41. The molecule has 1 aromatic heterocycles. The maximum atomic E-state index is 11.8. The van der Waals surface area contributed by atoms with E-state index in [4.69, 9.17) is 11.6 Å². The molecule has 1 saturated heterocycles. The van der Waals surface area contributed by atoms with Gasteiger partial charge in [-0.2, -0.15) is 0 Å². The van der Waals surface area contributed by atoms with Crippen molar-refractivity contribution in [3.05, 3.63) is 17.3 Å². The minimum atomic E-state index is 0.136. The quantitative estimate of drug-likeness (QED) is 0.814. The SMILES string of the molecule is CN(C)C(=O)C1CCN(c2ccc(Cl)nn2)CC1. The number of carbonyl (C=O) groups excluding carboxylic acids is 1. The zero-order valence-electron chi connectivity index (χ0n) is 10.6. The smallest absolute Gasteiger partial charge is 0.225 e. The highest BCUT2D eigenvalue weighted by molar-refractivity contribution is 6.29. The number of carbonyl (C=O) groups is 1. The Morgan fingerprint density at radius 2 is 2.00 bits per heavy atom. The zero-order chi connectivity index (χ0) is 13.1. The molecule has 2 rings (SSSR count). The summed E-state index contributed by atoms with van der Waals surface area (Å²) < 4.78 is 0. The lowest BCUT2D eigenvalue weighted by Crippen LogP contribution is -2.40. The largest absolute Gasteiger partial charge is 0.355 e. The van der Waals surface area contributed by atoms with E-state index in [1.807, 2.05) is 6.07 Å². The van der Waals surface area contributed by atoms with Crippen LogP contribution in [0.5, 0.6) is 0 Å². The summed E-state index contributed by atoms with van der Waals surface area (Å²) in [5.41, 5.74) is 0. The summed E-state index contributed by atoms with van der Waals surface area (Å²) in [7, 11) is 3.61. The topological polar surface area (TPSA) is 49.3 Å². The molecule has 98 valence electrons. The fraction of sp³-hybridized carbons (Fsp3) is 0.583. The van der Waals surface area contributed by atoms with Crippen LogP contribution in [0.25, 0.3) is 0 Å². The Labute approximate surface area is 112 Å². The van der Waals surface area contributed by atoms with Gasteiger partial charge in [-0.3, -0.25) is 4.79 Å². The van der Waals surface area contributed by atoms with Gasteiger partial charge >= 0.3 is 0 Å². The van der Waals surface area contributed by atoms with Crippen LogP contribution in [-0.4, -0.2) is 48.2 Å². The van der Waals surface area contributed by atoms with Crippen LogP contribution >= 0.6 is 11.6 Å². The molecule has 18 heavy (non-hydrogen) atoms. The zero-order valence-corrected chi connectivity index (χ0v) is 11.4. The van der Waals surface area contributed by atoms with Crippen molar-refractivity contribution < 1.29 is 4.79 Å². The molecule has 6 heteroatoms. The van der Waals surface area contributed by atoms with Crippen molar-refractivity contribution in [2.24, 2.45) is 5.92 Å². The van der Waals surface area contributed by atoms with Gasteiger partial charge in [0.15, 0.2) is 11.0 Å². The fourth-order valence-corrected chi connectivity index (χ4v) is 2.30. The van der Waals surface area contributed by atoms with Crippen LogP contribution in [0.15, 0.2) is 12.1 Å². The molecule has 5 nitrogen and oxygen atoms in total. The predicted octanol–water partition coefficient (Wildman–Crippen LogP) is 1.43. The van der Waals surface area contributed by atoms with E-state index >= 15 is 0 Å². The maximum Gasteiger partial charge on any atom is 0.225 e. The van der Waals surface area contributed by atoms with Crippen molar-refractivity contribution in [3.8, 4) is 0 Å². The van der Waals surface area contributed by atoms with Crippen LogP contribution in [0.1, 0.15) is 12.8 Å². The van der Waals surface area contributed by atoms with Crippen molar-refractivity contribution in [1.29, 1.82) is 0 Å². The Balaban J connectivity index is 1.94. The summed E-state index contributed by atoms with van der Waals surface area (Å²) in [5.74, 6) is 1.18. The first kappa shape index (κ1) is 13.1. The van der Waals surface area contributed by atoms with Gasteiger partial charge in [-0.1, -0.05) is 11.6 Å². The van der Waals surface area contributed by atoms with Gasteiger partial charge in [-0.15, -0.1) is 10.2 Å². The molecule has 1 aromatic rings. The molecule has 0 spiro atoms. The Kier molecular flexibility index (Phi) is 4.01. The van der Waals surface area contributed by atoms with E-state index in [1.165, 1.54) is 0 Å². The van der Waals surface area contributed by atoms with Gasteiger partial charge in [0.05, 0.1) is 0 Å². The molecule has 0 unspecified atom stereocenters. The fourth-order valence-electron chi connectivity index (χ4n) is 2.20. The molecular formula is C12H17ClN4O. The number of aromatic nitrogens is 2. The van der Waals surface area contributed by atoms with E-state index < -0.39 is 0 Å². The maximum absolute atomic E-state index is 11.8. The molecule has 1 amide bonds. The van der Waals surface area contributed by atoms with Crippen LogP contribution in [0.4, 0.5) is 5.82 Å². The van der Waals surface area contributed by atoms with Crippen molar-refractivity contribution in [2.45, 2.75) is 12.8 Å². The van der Waals surface area contributed by atoms with E-state index in [0.29, 0.717) is 5.15 Å². The third kappa shape index (κ3) is 2.90. The Hall–Kier alpha value is -1.36. The average molecular weight is 269 g/mol. The number of piperidine rings is 1. The van der Waals surface area contributed by atoms with E-state index in [2.05, 4.69) is 15.1 Å². The molecule has 1 aliphatic heterocycles. The Morgan fingerprint density at radius 1 is 1.33 bits per heavy atom. The van der Waals surface area contributed by atoms with E-state index in [0.717, 1.165) is 31.7 Å². The Bertz CT molecular complexity index is 413. The number of nitrogens with zero attached hydrogens (tertiary/aromatic N) is 4. The van der Waals surface area contributed by atoms with Gasteiger partial charge in [0, 0.05) is 33.1 Å². The lowest BCUT2D eigenvalue weighted by atomic mass is 9.95. The highest BCUT2D eigenvalue weighted by Gasteiger charge is 2.26. The van der Waals surface area contributed by atoms with E-state index in [-0.39, 0.29) is 11.8 Å². The number of amides is 1. The van der Waals surface area contributed by atoms with Crippen molar-refractivity contribution in [3.63, 3.8) is 0 Å². The van der Waals surface area contributed by atoms with E-state index in [1.54, 1.807) is 25.1 Å². The summed E-state index contributed by atoms with van der Waals surface area (Å²) in [4.78, 5) is 15.7. The first-order valence-electron chi connectivity index (χ1n) is 6.03. The van der Waals surface area contributed by atoms with Gasteiger partial charge in [0.25, 0.3) is 0 Å². The first-order chi connectivity index (χ1) is 8.58. The molecule has 0 radical (unpaired) electrons. The second-order valence-corrected chi connectivity index (χ2v) is 5.10. The number of rotatable bonds is 2. The second-order valence-electron chi connectivity index (χ2n) is 4.71. The van der Waals surface area contributed by atoms with Crippen molar-refractivity contribution in [2.75, 3.05) is 32.1 Å². The monoisotopic (exact) mass is 268 g/mol. The summed E-state index contributed by atoms with van der Waals surface area (Å²) in [6, 6.07) is 3.60. The highest BCUT2D eigenvalue weighted by atomic mass is 35.5. The van der Waals surface area contributed by atoms with Crippen LogP contribution in [0.2, 0.25) is 5.15 Å². The normalized spacial score (nSPS) is 16.7. The van der Waals surface area contributed by atoms with Crippen LogP contribution in [0.3, 0.4) is 0 Å². The number of anilines is 1. The lowest BCUT2D eigenvalue weighted by molar-refractivity contribution is -0.133. The van der Waals surface area contributed by atoms with Crippen LogP contribution in [-0.2, 0) is 4.79 Å². The Morgan fingerprint density at radius 3 is 2.50 bits per heavy atom. The van der Waals surface area contributed by atoms with Gasteiger partial charge < -0.3 is 9.80 Å². The second kappa shape index (κ2) is 5.52. The molecule has 0 atom stereocenters. The predicted molar refractivity (Wildman–Crippen MR) is 70.7 cm³/mol. The molecule has 0 saturated carbocycles. The number of halogens is 1. The van der Waals surface area contributed by atoms with Gasteiger partial charge in [-0.25, -0.2) is 0 Å². The van der Waals surface area contributed by atoms with Gasteiger partial charge in [0.2, 0.25) is 5.91 Å². The molecule has 1 aliphatic rings. The minimum Gasteiger partial charge on any atom is -0.355 e. The summed E-state index contributed by atoms with van der Waals surface area (Å²) in [6.07, 6.45) is 1.72. The third-order valence-corrected chi connectivity index (χ3v) is 3.43. The van der Waals surface area contributed by atoms with Crippen LogP contribution < -0.4 is 4.90 Å². The molecule has 0 bridgehead atoms. The highest BCUT2D eigenvalue weighted by Crippen LogP contribution is 2.22. The molecule has 1 fully saturated rings. The molecule has 0 aromatic carbocycles. The summed E-state index contributed by atoms with van der Waals surface area (Å²) in [5, 5.41) is 8.29. The standard InChI is InChI=1S/C12H17ClN4O/c1-16(2)12(18)9-5-7-17(8-6-9)11-4-3-10(13)14-15-11/h3-4,9H,5-8H2,1-2H3. The molecule has 2 heterocycles. The third-order valence-electron chi connectivity index (χ3n) is 3.23. The van der Waals surface area contributed by atoms with E-state index in [9.17, 15) is 4.79 Å². The summed E-state index contributed by atoms with van der Waals surface area (Å²) in [6.45, 7) is 1.67. The number of hydrogen-bond acceptors (Lipinski definition) is 4. The lowest BCUT2D eigenvalue weighted by Gasteiger charge is -2.32. The van der Waals surface area contributed by atoms with Crippen molar-refractivity contribution in [1.82, 2.24) is 15.1 Å². The van der Waals surface area contributed by atoms with Crippen LogP contribution in [0, 0.1) is 5.92 Å². The molecule has 0 aliphatic carbocycles. The molecule has 0 N–H and O–H groups in total. The van der Waals surface area contributed by atoms with Crippen molar-refractivity contribution >= 4 is 23.3 Å². The number of hydrogen-bond donors (Lipinski definition) is 0. The van der Waals surface area contributed by atoms with Gasteiger partial charge in [-0.05, 0) is 25.0 Å². The summed E-state index contributed by atoms with van der Waals surface area (Å²) >= 11 is 5.71.